The highest BCUT2D eigenvalue weighted by atomic mass is 35.5. The van der Waals surface area contributed by atoms with Crippen LogP contribution in [-0.4, -0.2) is 52.1 Å². The van der Waals surface area contributed by atoms with Crippen LogP contribution in [0.4, 0.5) is 5.69 Å². The first kappa shape index (κ1) is 26.3. The number of hydrazone groups is 1. The van der Waals surface area contributed by atoms with Gasteiger partial charge in [-0.3, -0.25) is 19.4 Å². The van der Waals surface area contributed by atoms with Crippen molar-refractivity contribution < 1.29 is 14.4 Å². The summed E-state index contributed by atoms with van der Waals surface area (Å²) in [6.45, 7) is -0.233. The minimum Gasteiger partial charge on any atom is -0.271 e. The van der Waals surface area contributed by atoms with Gasteiger partial charge in [0.2, 0.25) is 0 Å². The van der Waals surface area contributed by atoms with Crippen LogP contribution in [0.25, 0.3) is 6.08 Å². The van der Waals surface area contributed by atoms with Crippen LogP contribution in [0.15, 0.2) is 106 Å². The molecular weight excluding hydrogens is 552 g/mol. The second-order valence-electron chi connectivity index (χ2n) is 10.8. The summed E-state index contributed by atoms with van der Waals surface area (Å²) in [5, 5.41) is 16.5. The number of imide groups is 1. The molecule has 2 fully saturated rings. The molecule has 3 heterocycles. The van der Waals surface area contributed by atoms with E-state index < -0.39 is 23.9 Å². The Morgan fingerprint density at radius 3 is 2.36 bits per heavy atom. The molecule has 0 unspecified atom stereocenters. The monoisotopic (exact) mass is 578 g/mol. The number of carbonyl (C=O) groups excluding carboxylic acids is 3. The van der Waals surface area contributed by atoms with Gasteiger partial charge in [0.25, 0.3) is 17.7 Å². The molecule has 0 aromatic heterocycles. The number of hydrogen-bond acceptors (Lipinski definition) is 7. The lowest BCUT2D eigenvalue weighted by molar-refractivity contribution is -0.136. The van der Waals surface area contributed by atoms with E-state index in [2.05, 4.69) is 28.5 Å². The Labute approximate surface area is 247 Å². The van der Waals surface area contributed by atoms with Crippen molar-refractivity contribution in [2.45, 2.75) is 37.4 Å². The number of amides is 3. The Morgan fingerprint density at radius 1 is 0.905 bits per heavy atom. The van der Waals surface area contributed by atoms with E-state index in [-0.39, 0.29) is 24.4 Å². The zero-order valence-electron chi connectivity index (χ0n) is 22.6. The molecule has 7 rings (SSSR count). The molecule has 1 aliphatic carbocycles. The zero-order valence-corrected chi connectivity index (χ0v) is 23.3. The highest BCUT2D eigenvalue weighted by molar-refractivity contribution is 6.31. The van der Waals surface area contributed by atoms with Gasteiger partial charge >= 0.3 is 0 Å². The fourth-order valence-electron chi connectivity index (χ4n) is 6.35. The summed E-state index contributed by atoms with van der Waals surface area (Å²) in [6, 6.07) is 24.2. The summed E-state index contributed by atoms with van der Waals surface area (Å²) in [7, 11) is 0. The first-order chi connectivity index (χ1) is 20.5. The molecule has 0 bridgehead atoms. The molecule has 3 amide bonds. The Morgan fingerprint density at radius 2 is 1.62 bits per heavy atom. The Kier molecular flexibility index (Phi) is 6.66. The van der Waals surface area contributed by atoms with Crippen molar-refractivity contribution in [1.82, 2.24) is 10.0 Å². The molecule has 0 spiro atoms. The van der Waals surface area contributed by atoms with Crippen molar-refractivity contribution >= 4 is 46.8 Å². The molecule has 4 aliphatic rings. The number of carbonyl (C=O) groups is 3. The number of anilines is 1. The SMILES string of the molecule is O=C1[C@H]2N=NN(CC(=O)N3N=C4/C(=C/c5ccccc5)CCC[C@H]4[C@@H]3c3ccccc3)[C@H]2C(=O)N1c1ccc(Cl)cc1. The van der Waals surface area contributed by atoms with Crippen molar-refractivity contribution in [3.63, 3.8) is 0 Å². The van der Waals surface area contributed by atoms with E-state index in [1.807, 2.05) is 48.5 Å². The molecule has 0 N–H and O–H groups in total. The summed E-state index contributed by atoms with van der Waals surface area (Å²) in [5.41, 5.74) is 4.55. The van der Waals surface area contributed by atoms with Gasteiger partial charge in [-0.1, -0.05) is 77.5 Å². The van der Waals surface area contributed by atoms with Crippen LogP contribution >= 0.6 is 11.6 Å². The van der Waals surface area contributed by atoms with Crippen molar-refractivity contribution in [3.8, 4) is 0 Å². The van der Waals surface area contributed by atoms with Gasteiger partial charge in [0.1, 0.15) is 6.54 Å². The van der Waals surface area contributed by atoms with Crippen LogP contribution in [0, 0.1) is 5.92 Å². The van der Waals surface area contributed by atoms with Gasteiger partial charge in [0.15, 0.2) is 12.1 Å². The van der Waals surface area contributed by atoms with Gasteiger partial charge in [-0.15, -0.1) is 0 Å². The third-order valence-corrected chi connectivity index (χ3v) is 8.53. The Balaban J connectivity index is 1.18. The predicted molar refractivity (Wildman–Crippen MR) is 158 cm³/mol. The van der Waals surface area contributed by atoms with Crippen LogP contribution in [0.2, 0.25) is 5.02 Å². The predicted octanol–water partition coefficient (Wildman–Crippen LogP) is 5.46. The van der Waals surface area contributed by atoms with Crippen molar-refractivity contribution in [3.05, 3.63) is 107 Å². The molecule has 1 saturated heterocycles. The maximum absolute atomic E-state index is 14.0. The van der Waals surface area contributed by atoms with Gasteiger partial charge < -0.3 is 0 Å². The summed E-state index contributed by atoms with van der Waals surface area (Å²) < 4.78 is 0. The molecule has 3 aromatic carbocycles. The Bertz CT molecular complexity index is 1640. The average Bonchev–Trinajstić information content (AvgIpc) is 3.68. The van der Waals surface area contributed by atoms with Gasteiger partial charge in [-0.25, -0.2) is 9.91 Å². The van der Waals surface area contributed by atoms with Gasteiger partial charge in [0, 0.05) is 10.9 Å². The maximum atomic E-state index is 14.0. The van der Waals surface area contributed by atoms with Crippen LogP contribution in [0.5, 0.6) is 0 Å². The fraction of sp³-hybridized carbons (Fsp3) is 0.250. The molecule has 210 valence electrons. The van der Waals surface area contributed by atoms with Crippen molar-refractivity contribution in [2.24, 2.45) is 21.4 Å². The molecule has 3 aliphatic heterocycles. The maximum Gasteiger partial charge on any atom is 0.264 e. The molecule has 0 radical (unpaired) electrons. The van der Waals surface area contributed by atoms with Crippen LogP contribution < -0.4 is 4.90 Å². The van der Waals surface area contributed by atoms with E-state index >= 15 is 0 Å². The number of nitrogens with zero attached hydrogens (tertiary/aromatic N) is 6. The lowest BCUT2D eigenvalue weighted by Crippen LogP contribution is -2.45. The first-order valence-corrected chi connectivity index (χ1v) is 14.4. The fourth-order valence-corrected chi connectivity index (χ4v) is 6.48. The van der Waals surface area contributed by atoms with E-state index in [1.165, 1.54) is 5.01 Å². The van der Waals surface area contributed by atoms with Crippen LogP contribution in [-0.2, 0) is 14.4 Å². The molecule has 3 aromatic rings. The smallest absolute Gasteiger partial charge is 0.264 e. The number of fused-ring (bicyclic) bond motifs is 2. The highest BCUT2D eigenvalue weighted by Gasteiger charge is 2.55. The minimum absolute atomic E-state index is 0.0445. The lowest BCUT2D eigenvalue weighted by atomic mass is 9.77. The second kappa shape index (κ2) is 10.6. The highest BCUT2D eigenvalue weighted by Crippen LogP contribution is 2.44. The van der Waals surface area contributed by atoms with E-state index in [1.54, 1.807) is 29.3 Å². The average molecular weight is 579 g/mol. The number of benzene rings is 3. The number of hydrogen-bond donors (Lipinski definition) is 0. The van der Waals surface area contributed by atoms with E-state index in [0.717, 1.165) is 46.6 Å². The van der Waals surface area contributed by atoms with Crippen LogP contribution in [0.1, 0.15) is 36.4 Å². The third kappa shape index (κ3) is 4.50. The summed E-state index contributed by atoms with van der Waals surface area (Å²) in [4.78, 5) is 41.7. The second-order valence-corrected chi connectivity index (χ2v) is 11.3. The lowest BCUT2D eigenvalue weighted by Gasteiger charge is -2.30. The van der Waals surface area contributed by atoms with Gasteiger partial charge in [-0.2, -0.15) is 10.2 Å². The van der Waals surface area contributed by atoms with E-state index in [4.69, 9.17) is 16.7 Å². The molecule has 1 saturated carbocycles. The van der Waals surface area contributed by atoms with E-state index in [0.29, 0.717) is 10.7 Å². The topological polar surface area (TPSA) is 98.0 Å². The van der Waals surface area contributed by atoms with Crippen molar-refractivity contribution in [1.29, 1.82) is 0 Å². The van der Waals surface area contributed by atoms with Crippen LogP contribution in [0.3, 0.4) is 0 Å². The quantitative estimate of drug-likeness (QED) is 0.376. The molecular formula is C32H27ClN6O3. The molecule has 9 nitrogen and oxygen atoms in total. The minimum atomic E-state index is -1.00. The third-order valence-electron chi connectivity index (χ3n) is 8.28. The molecule has 4 atom stereocenters. The summed E-state index contributed by atoms with van der Waals surface area (Å²) >= 11 is 5.99. The Hall–Kier alpha value is -4.63. The molecule has 10 heteroatoms. The summed E-state index contributed by atoms with van der Waals surface area (Å²) in [6.07, 6.45) is 4.95. The van der Waals surface area contributed by atoms with Crippen molar-refractivity contribution in [2.75, 3.05) is 11.4 Å². The number of rotatable bonds is 5. The number of allylic oxidation sites excluding steroid dienone is 1. The summed E-state index contributed by atoms with van der Waals surface area (Å²) in [5.74, 6) is -1.21. The largest absolute Gasteiger partial charge is 0.271 e. The van der Waals surface area contributed by atoms with Gasteiger partial charge in [-0.05, 0) is 66.3 Å². The van der Waals surface area contributed by atoms with Gasteiger partial charge in [0.05, 0.1) is 17.4 Å². The normalized spacial score (nSPS) is 25.7. The first-order valence-electron chi connectivity index (χ1n) is 14.0. The molecule has 42 heavy (non-hydrogen) atoms. The standard InChI is InChI=1S/C32H27ClN6O3/c33-23-14-16-24(17-15-23)38-31(41)28-30(32(38)42)37(36-34-28)19-26(40)39-29(21-10-5-2-6-11-21)25-13-7-12-22(27(25)35-39)18-20-8-3-1-4-9-20/h1-6,8-11,14-18,25,28-30H,7,12-13,19H2/b22-18+/t25-,28+,29+,30-/m1/s1. The number of halogens is 1. The zero-order chi connectivity index (χ0) is 28.8. The van der Waals surface area contributed by atoms with E-state index in [9.17, 15) is 14.4 Å².